The molecule has 8 nitrogen and oxygen atoms in total. The van der Waals surface area contributed by atoms with Crippen molar-refractivity contribution in [1.29, 1.82) is 0 Å². The number of nitrogens with zero attached hydrogens (tertiary/aromatic N) is 6. The molecule has 5 rings (SSSR count). The first-order valence-corrected chi connectivity index (χ1v) is 9.97. The lowest BCUT2D eigenvalue weighted by atomic mass is 10.1. The van der Waals surface area contributed by atoms with Crippen LogP contribution in [0.4, 0.5) is 4.39 Å². The first kappa shape index (κ1) is 19.4. The molecule has 31 heavy (non-hydrogen) atoms. The Hall–Kier alpha value is -3.59. The van der Waals surface area contributed by atoms with Crippen LogP contribution in [0.3, 0.4) is 0 Å². The van der Waals surface area contributed by atoms with E-state index in [0.29, 0.717) is 46.3 Å². The summed E-state index contributed by atoms with van der Waals surface area (Å²) in [5.41, 5.74) is 2.73. The van der Waals surface area contributed by atoms with Crippen LogP contribution in [0, 0.1) is 12.7 Å². The average Bonchev–Trinajstić information content (AvgIpc) is 3.15. The quantitative estimate of drug-likeness (QED) is 0.480. The molecule has 0 radical (unpaired) electrons. The van der Waals surface area contributed by atoms with Gasteiger partial charge in [-0.2, -0.15) is 0 Å². The van der Waals surface area contributed by atoms with Crippen LogP contribution >= 0.6 is 11.6 Å². The minimum absolute atomic E-state index is 0.123. The largest absolute Gasteiger partial charge is 0.332 e. The van der Waals surface area contributed by atoms with E-state index in [1.54, 1.807) is 36.1 Å². The minimum atomic E-state index is -0.362. The SMILES string of the molecule is Cc1c(C(=O)N2CCc3nc4ccc(Cl)cn4c(=O)c3C2)nnn1-c1ccc(F)cc1. The molecule has 0 N–H and O–H groups in total. The van der Waals surface area contributed by atoms with Crippen molar-refractivity contribution in [2.24, 2.45) is 0 Å². The number of benzene rings is 1. The van der Waals surface area contributed by atoms with Crippen molar-refractivity contribution >= 4 is 23.2 Å². The number of carbonyl (C=O) groups is 1. The van der Waals surface area contributed by atoms with Crippen LogP contribution in [0.15, 0.2) is 47.4 Å². The van der Waals surface area contributed by atoms with E-state index in [2.05, 4.69) is 15.3 Å². The number of rotatable bonds is 2. The lowest BCUT2D eigenvalue weighted by Crippen LogP contribution is -2.40. The van der Waals surface area contributed by atoms with Gasteiger partial charge in [0, 0.05) is 19.2 Å². The molecule has 0 spiro atoms. The Morgan fingerprint density at radius 1 is 1.16 bits per heavy atom. The average molecular weight is 439 g/mol. The second kappa shape index (κ2) is 7.28. The van der Waals surface area contributed by atoms with Gasteiger partial charge in [0.05, 0.1) is 34.2 Å². The van der Waals surface area contributed by atoms with Crippen LogP contribution in [0.2, 0.25) is 5.02 Å². The monoisotopic (exact) mass is 438 g/mol. The molecule has 3 aromatic heterocycles. The van der Waals surface area contributed by atoms with Crippen molar-refractivity contribution in [1.82, 2.24) is 29.3 Å². The highest BCUT2D eigenvalue weighted by Crippen LogP contribution is 2.20. The van der Waals surface area contributed by atoms with Crippen molar-refractivity contribution in [2.45, 2.75) is 19.9 Å². The van der Waals surface area contributed by atoms with Crippen LogP contribution < -0.4 is 5.56 Å². The summed E-state index contributed by atoms with van der Waals surface area (Å²) >= 11 is 6.02. The van der Waals surface area contributed by atoms with E-state index in [4.69, 9.17) is 11.6 Å². The maximum absolute atomic E-state index is 13.2. The maximum Gasteiger partial charge on any atom is 0.276 e. The lowest BCUT2D eigenvalue weighted by Gasteiger charge is -2.27. The molecular weight excluding hydrogens is 423 g/mol. The molecule has 0 bridgehead atoms. The van der Waals surface area contributed by atoms with Crippen molar-refractivity contribution in [2.75, 3.05) is 6.54 Å². The van der Waals surface area contributed by atoms with Gasteiger partial charge in [-0.05, 0) is 43.3 Å². The van der Waals surface area contributed by atoms with E-state index in [-0.39, 0.29) is 29.5 Å². The number of hydrogen-bond acceptors (Lipinski definition) is 5. The van der Waals surface area contributed by atoms with Gasteiger partial charge in [0.2, 0.25) is 0 Å². The van der Waals surface area contributed by atoms with Crippen molar-refractivity contribution in [3.63, 3.8) is 0 Å². The summed E-state index contributed by atoms with van der Waals surface area (Å²) < 4.78 is 16.1. The Kier molecular flexibility index (Phi) is 4.55. The molecule has 1 aliphatic heterocycles. The topological polar surface area (TPSA) is 85.4 Å². The summed E-state index contributed by atoms with van der Waals surface area (Å²) in [6, 6.07) is 9.13. The lowest BCUT2D eigenvalue weighted by molar-refractivity contribution is 0.0725. The summed E-state index contributed by atoms with van der Waals surface area (Å²) in [6.45, 7) is 2.25. The zero-order chi connectivity index (χ0) is 21.7. The summed E-state index contributed by atoms with van der Waals surface area (Å²) in [7, 11) is 0. The Morgan fingerprint density at radius 2 is 1.94 bits per heavy atom. The molecule has 4 aromatic rings. The highest BCUT2D eigenvalue weighted by atomic mass is 35.5. The highest BCUT2D eigenvalue weighted by molar-refractivity contribution is 6.30. The smallest absolute Gasteiger partial charge is 0.276 e. The molecule has 4 heterocycles. The molecule has 10 heteroatoms. The predicted octanol–water partition coefficient (Wildman–Crippen LogP) is 2.57. The van der Waals surface area contributed by atoms with E-state index >= 15 is 0 Å². The fraction of sp³-hybridized carbons (Fsp3) is 0.190. The molecule has 0 saturated carbocycles. The van der Waals surface area contributed by atoms with Gasteiger partial charge >= 0.3 is 0 Å². The third-order valence-electron chi connectivity index (χ3n) is 5.39. The molecule has 1 amide bonds. The Labute approximate surface area is 180 Å². The summed E-state index contributed by atoms with van der Waals surface area (Å²) in [5.74, 6) is -0.689. The molecule has 1 aliphatic rings. The van der Waals surface area contributed by atoms with E-state index < -0.39 is 0 Å². The van der Waals surface area contributed by atoms with Gasteiger partial charge in [0.15, 0.2) is 5.69 Å². The van der Waals surface area contributed by atoms with Gasteiger partial charge < -0.3 is 4.90 Å². The second-order valence-corrected chi connectivity index (χ2v) is 7.74. The number of hydrogen-bond donors (Lipinski definition) is 0. The van der Waals surface area contributed by atoms with Gasteiger partial charge in [0.25, 0.3) is 11.5 Å². The van der Waals surface area contributed by atoms with Crippen LogP contribution in [-0.2, 0) is 13.0 Å². The Balaban J connectivity index is 1.47. The molecule has 1 aromatic carbocycles. The Bertz CT molecular complexity index is 1400. The van der Waals surface area contributed by atoms with E-state index in [9.17, 15) is 14.0 Å². The zero-order valence-corrected chi connectivity index (χ0v) is 17.2. The van der Waals surface area contributed by atoms with Crippen LogP contribution in [0.5, 0.6) is 0 Å². The fourth-order valence-electron chi connectivity index (χ4n) is 3.75. The first-order chi connectivity index (χ1) is 14.9. The maximum atomic E-state index is 13.2. The van der Waals surface area contributed by atoms with E-state index in [1.165, 1.54) is 27.4 Å². The third kappa shape index (κ3) is 3.27. The van der Waals surface area contributed by atoms with Crippen molar-refractivity contribution in [3.8, 4) is 5.69 Å². The molecule has 0 atom stereocenters. The number of fused-ring (bicyclic) bond motifs is 2. The van der Waals surface area contributed by atoms with Gasteiger partial charge in [-0.15, -0.1) is 5.10 Å². The predicted molar refractivity (Wildman–Crippen MR) is 111 cm³/mol. The number of pyridine rings is 1. The van der Waals surface area contributed by atoms with Crippen LogP contribution in [0.1, 0.15) is 27.4 Å². The first-order valence-electron chi connectivity index (χ1n) is 9.59. The fourth-order valence-corrected chi connectivity index (χ4v) is 3.91. The summed E-state index contributed by atoms with van der Waals surface area (Å²) in [5, 5.41) is 8.51. The molecule has 0 aliphatic carbocycles. The van der Waals surface area contributed by atoms with Gasteiger partial charge in [-0.1, -0.05) is 16.8 Å². The third-order valence-corrected chi connectivity index (χ3v) is 5.61. The van der Waals surface area contributed by atoms with E-state index in [0.717, 1.165) is 0 Å². The van der Waals surface area contributed by atoms with Crippen LogP contribution in [-0.4, -0.2) is 41.7 Å². The highest BCUT2D eigenvalue weighted by Gasteiger charge is 2.29. The normalized spacial score (nSPS) is 13.5. The van der Waals surface area contributed by atoms with Gasteiger partial charge in [-0.25, -0.2) is 14.1 Å². The number of halogens is 2. The summed E-state index contributed by atoms with van der Waals surface area (Å²) in [4.78, 5) is 32.3. The van der Waals surface area contributed by atoms with E-state index in [1.807, 2.05) is 0 Å². The molecular formula is C21H16ClFN6O2. The van der Waals surface area contributed by atoms with Gasteiger partial charge in [-0.3, -0.25) is 14.0 Å². The minimum Gasteiger partial charge on any atom is -0.332 e. The number of amides is 1. The molecule has 0 saturated heterocycles. The summed E-state index contributed by atoms with van der Waals surface area (Å²) in [6.07, 6.45) is 1.98. The van der Waals surface area contributed by atoms with Crippen molar-refractivity contribution in [3.05, 3.63) is 86.4 Å². The second-order valence-electron chi connectivity index (χ2n) is 7.31. The number of aromatic nitrogens is 5. The molecule has 0 unspecified atom stereocenters. The molecule has 156 valence electrons. The van der Waals surface area contributed by atoms with Gasteiger partial charge in [0.1, 0.15) is 11.5 Å². The van der Waals surface area contributed by atoms with Crippen molar-refractivity contribution < 1.29 is 9.18 Å². The standard InChI is InChI=1S/C21H16ClFN6O2/c1-12-19(25-26-29(12)15-5-3-14(23)4-6-15)21(31)27-9-8-17-16(11-27)20(30)28-10-13(22)2-7-18(28)24-17/h2-7,10H,8-9,11H2,1H3. The zero-order valence-electron chi connectivity index (χ0n) is 16.4. The molecule has 0 fully saturated rings. The Morgan fingerprint density at radius 3 is 2.71 bits per heavy atom. The van der Waals surface area contributed by atoms with Crippen LogP contribution in [0.25, 0.3) is 11.3 Å². The number of carbonyl (C=O) groups excluding carboxylic acids is 1.